The first-order valence-electron chi connectivity index (χ1n) is 9.35. The van der Waals surface area contributed by atoms with Crippen LogP contribution in [0.2, 0.25) is 0 Å². The van der Waals surface area contributed by atoms with Crippen LogP contribution in [0.4, 0.5) is 5.13 Å². The quantitative estimate of drug-likeness (QED) is 0.627. The molecule has 1 saturated heterocycles. The molecule has 0 radical (unpaired) electrons. The average Bonchev–Trinajstić information content (AvgIpc) is 3.45. The van der Waals surface area contributed by atoms with Crippen molar-refractivity contribution in [2.75, 3.05) is 19.0 Å². The average molecular weight is 445 g/mol. The predicted octanol–water partition coefficient (Wildman–Crippen LogP) is 3.01. The smallest absolute Gasteiger partial charge is 0.244 e. The van der Waals surface area contributed by atoms with Crippen molar-refractivity contribution in [3.63, 3.8) is 0 Å². The number of hydrogen-bond donors (Lipinski definition) is 1. The summed E-state index contributed by atoms with van der Waals surface area (Å²) >= 11 is 1.25. The van der Waals surface area contributed by atoms with Gasteiger partial charge in [0, 0.05) is 12.1 Å². The van der Waals surface area contributed by atoms with Gasteiger partial charge >= 0.3 is 0 Å². The molecule has 0 spiro atoms. The van der Waals surface area contributed by atoms with Gasteiger partial charge in [0.25, 0.3) is 0 Å². The van der Waals surface area contributed by atoms with Crippen LogP contribution in [-0.2, 0) is 14.8 Å². The maximum atomic E-state index is 13.1. The van der Waals surface area contributed by atoms with Crippen molar-refractivity contribution < 1.29 is 17.9 Å². The van der Waals surface area contributed by atoms with Crippen LogP contribution in [0.25, 0.3) is 10.6 Å². The van der Waals surface area contributed by atoms with E-state index in [9.17, 15) is 13.2 Å². The number of aromatic nitrogens is 2. The Kier molecular flexibility index (Phi) is 5.80. The van der Waals surface area contributed by atoms with Gasteiger partial charge in [-0.3, -0.25) is 10.1 Å². The molecule has 0 saturated carbocycles. The Balaban J connectivity index is 1.50. The summed E-state index contributed by atoms with van der Waals surface area (Å²) < 4.78 is 32.5. The Morgan fingerprint density at radius 1 is 1.13 bits per heavy atom. The zero-order valence-corrected chi connectivity index (χ0v) is 17.8. The second kappa shape index (κ2) is 8.50. The van der Waals surface area contributed by atoms with E-state index in [1.54, 1.807) is 12.1 Å². The summed E-state index contributed by atoms with van der Waals surface area (Å²) in [6.07, 6.45) is 1.06. The predicted molar refractivity (Wildman–Crippen MR) is 114 cm³/mol. The van der Waals surface area contributed by atoms with E-state index in [0.717, 1.165) is 5.56 Å². The first-order chi connectivity index (χ1) is 14.5. The van der Waals surface area contributed by atoms with Gasteiger partial charge in [-0.2, -0.15) is 4.31 Å². The molecule has 1 amide bonds. The molecule has 2 aromatic carbocycles. The van der Waals surface area contributed by atoms with Crippen LogP contribution in [0.1, 0.15) is 12.8 Å². The number of rotatable bonds is 6. The second-order valence-electron chi connectivity index (χ2n) is 6.72. The fourth-order valence-corrected chi connectivity index (χ4v) is 5.74. The molecule has 0 bridgehead atoms. The topological polar surface area (TPSA) is 101 Å². The molecule has 4 rings (SSSR count). The highest BCUT2D eigenvalue weighted by Crippen LogP contribution is 2.30. The molecule has 1 aromatic heterocycles. The van der Waals surface area contributed by atoms with Crippen molar-refractivity contribution in [3.8, 4) is 16.3 Å². The first-order valence-corrected chi connectivity index (χ1v) is 11.6. The monoisotopic (exact) mass is 444 g/mol. The molecule has 1 N–H and O–H groups in total. The van der Waals surface area contributed by atoms with Crippen molar-refractivity contribution in [2.45, 2.75) is 23.8 Å². The van der Waals surface area contributed by atoms with Crippen LogP contribution in [0.5, 0.6) is 5.75 Å². The van der Waals surface area contributed by atoms with E-state index < -0.39 is 22.0 Å². The molecule has 156 valence electrons. The number of nitrogens with one attached hydrogen (secondary N) is 1. The molecule has 0 aliphatic carbocycles. The Bertz CT molecular complexity index is 1130. The summed E-state index contributed by atoms with van der Waals surface area (Å²) in [5.74, 6) is 0.163. The molecule has 1 aliphatic heterocycles. The lowest BCUT2D eigenvalue weighted by atomic mass is 10.2. The lowest BCUT2D eigenvalue weighted by molar-refractivity contribution is -0.119. The van der Waals surface area contributed by atoms with Crippen LogP contribution < -0.4 is 10.1 Å². The number of carbonyl (C=O) groups is 1. The summed E-state index contributed by atoms with van der Waals surface area (Å²) in [6, 6.07) is 14.9. The van der Waals surface area contributed by atoms with E-state index in [4.69, 9.17) is 4.74 Å². The second-order valence-corrected chi connectivity index (χ2v) is 9.59. The standard InChI is InChI=1S/C20H20N4O4S2/c1-28-15-9-11-16(12-10-15)30(26,27)24-13-5-8-17(24)18(25)21-20-23-22-19(29-20)14-6-3-2-4-7-14/h2-4,6-7,9-12,17H,5,8,13H2,1H3,(H,21,23,25). The Morgan fingerprint density at radius 2 is 1.87 bits per heavy atom. The summed E-state index contributed by atoms with van der Waals surface area (Å²) in [5.41, 5.74) is 0.903. The van der Waals surface area contributed by atoms with Crippen LogP contribution >= 0.6 is 11.3 Å². The van der Waals surface area contributed by atoms with Crippen molar-refractivity contribution in [1.82, 2.24) is 14.5 Å². The third kappa shape index (κ3) is 4.07. The number of sulfonamides is 1. The zero-order chi connectivity index (χ0) is 21.1. The molecule has 30 heavy (non-hydrogen) atoms. The maximum Gasteiger partial charge on any atom is 0.244 e. The molecule has 3 aromatic rings. The zero-order valence-electron chi connectivity index (χ0n) is 16.2. The van der Waals surface area contributed by atoms with Crippen LogP contribution in [0.3, 0.4) is 0 Å². The Hall–Kier alpha value is -2.82. The fourth-order valence-electron chi connectivity index (χ4n) is 3.33. The van der Waals surface area contributed by atoms with Crippen molar-refractivity contribution in [2.24, 2.45) is 0 Å². The summed E-state index contributed by atoms with van der Waals surface area (Å²) in [4.78, 5) is 13.0. The van der Waals surface area contributed by atoms with Gasteiger partial charge in [0.05, 0.1) is 12.0 Å². The minimum absolute atomic E-state index is 0.130. The number of anilines is 1. The van der Waals surface area contributed by atoms with Gasteiger partial charge in [-0.1, -0.05) is 41.7 Å². The van der Waals surface area contributed by atoms with Gasteiger partial charge in [-0.25, -0.2) is 8.42 Å². The van der Waals surface area contributed by atoms with Gasteiger partial charge in [0.1, 0.15) is 16.8 Å². The molecule has 1 fully saturated rings. The molecule has 2 heterocycles. The van der Waals surface area contributed by atoms with Gasteiger partial charge in [-0.15, -0.1) is 10.2 Å². The SMILES string of the molecule is COc1ccc(S(=O)(=O)N2CCCC2C(=O)Nc2nnc(-c3ccccc3)s2)cc1. The highest BCUT2D eigenvalue weighted by atomic mass is 32.2. The van der Waals surface area contributed by atoms with E-state index >= 15 is 0 Å². The summed E-state index contributed by atoms with van der Waals surface area (Å²) in [6.45, 7) is 0.290. The summed E-state index contributed by atoms with van der Waals surface area (Å²) in [5, 5.41) is 11.9. The molecular formula is C20H20N4O4S2. The van der Waals surface area contributed by atoms with Gasteiger partial charge in [0.15, 0.2) is 0 Å². The number of hydrogen-bond acceptors (Lipinski definition) is 7. The summed E-state index contributed by atoms with van der Waals surface area (Å²) in [7, 11) is -2.29. The van der Waals surface area contributed by atoms with E-state index in [1.165, 1.54) is 34.9 Å². The molecule has 8 nitrogen and oxygen atoms in total. The van der Waals surface area contributed by atoms with E-state index in [2.05, 4.69) is 15.5 Å². The van der Waals surface area contributed by atoms with E-state index in [-0.39, 0.29) is 11.4 Å². The normalized spacial score (nSPS) is 17.0. The minimum Gasteiger partial charge on any atom is -0.497 e. The Labute approximate surface area is 178 Å². The molecule has 1 atom stereocenters. The van der Waals surface area contributed by atoms with Crippen molar-refractivity contribution in [1.29, 1.82) is 0 Å². The third-order valence-electron chi connectivity index (χ3n) is 4.85. The van der Waals surface area contributed by atoms with Gasteiger partial charge < -0.3 is 4.74 Å². The molecule has 1 unspecified atom stereocenters. The van der Waals surface area contributed by atoms with Crippen LogP contribution in [-0.4, -0.2) is 48.5 Å². The molecule has 10 heteroatoms. The molecule has 1 aliphatic rings. The van der Waals surface area contributed by atoms with Crippen molar-refractivity contribution >= 4 is 32.4 Å². The van der Waals surface area contributed by atoms with E-state index in [0.29, 0.717) is 28.7 Å². The Morgan fingerprint density at radius 3 is 2.57 bits per heavy atom. The number of nitrogens with zero attached hydrogens (tertiary/aromatic N) is 3. The number of ether oxygens (including phenoxy) is 1. The van der Waals surface area contributed by atoms with E-state index in [1.807, 2.05) is 30.3 Å². The third-order valence-corrected chi connectivity index (χ3v) is 7.66. The number of benzene rings is 2. The number of amides is 1. The highest BCUT2D eigenvalue weighted by Gasteiger charge is 2.39. The first kappa shape index (κ1) is 20.5. The van der Waals surface area contributed by atoms with Crippen LogP contribution in [0, 0.1) is 0 Å². The fraction of sp³-hybridized carbons (Fsp3) is 0.250. The lowest BCUT2D eigenvalue weighted by Gasteiger charge is -2.23. The minimum atomic E-state index is -3.80. The lowest BCUT2D eigenvalue weighted by Crippen LogP contribution is -2.43. The maximum absolute atomic E-state index is 13.1. The molecular weight excluding hydrogens is 424 g/mol. The largest absolute Gasteiger partial charge is 0.497 e. The van der Waals surface area contributed by atoms with Crippen LogP contribution in [0.15, 0.2) is 59.5 Å². The van der Waals surface area contributed by atoms with Crippen molar-refractivity contribution in [3.05, 3.63) is 54.6 Å². The highest BCUT2D eigenvalue weighted by molar-refractivity contribution is 7.89. The van der Waals surface area contributed by atoms with Gasteiger partial charge in [-0.05, 0) is 37.1 Å². The number of carbonyl (C=O) groups excluding carboxylic acids is 1. The van der Waals surface area contributed by atoms with Gasteiger partial charge in [0.2, 0.25) is 21.1 Å². The number of methoxy groups -OCH3 is 1.